The number of hydrogen-bond donors (Lipinski definition) is 1. The maximum absolute atomic E-state index is 12.7. The molecule has 2 aromatic rings. The standard InChI is InChI=1S/C17H14ClF3N2OS/c18-12-7-6-11(17(19,20)21)9-10(12)5-8-15(24)23-16-22-13-3-1-2-4-14(13)25-16/h5-9H,1-4H2,(H,22,23,24)/b8-5+. The van der Waals surface area contributed by atoms with E-state index in [0.29, 0.717) is 5.13 Å². The van der Waals surface area contributed by atoms with Gasteiger partial charge in [0.15, 0.2) is 5.13 Å². The lowest BCUT2D eigenvalue weighted by atomic mass is 10.0. The SMILES string of the molecule is O=C(/C=C/c1cc(C(F)(F)F)ccc1Cl)Nc1nc2c(s1)CCCC2. The maximum atomic E-state index is 12.7. The Kier molecular flexibility index (Phi) is 5.15. The molecule has 0 radical (unpaired) electrons. The lowest BCUT2D eigenvalue weighted by Gasteiger charge is -2.08. The number of fused-ring (bicyclic) bond motifs is 1. The van der Waals surface area contributed by atoms with Crippen LogP contribution in [0.3, 0.4) is 0 Å². The average Bonchev–Trinajstić information content (AvgIpc) is 2.95. The van der Waals surface area contributed by atoms with Crippen LogP contribution in [0.2, 0.25) is 5.02 Å². The summed E-state index contributed by atoms with van der Waals surface area (Å²) in [4.78, 5) is 17.6. The van der Waals surface area contributed by atoms with Gasteiger partial charge in [0, 0.05) is 16.0 Å². The summed E-state index contributed by atoms with van der Waals surface area (Å²) in [5.74, 6) is -0.459. The summed E-state index contributed by atoms with van der Waals surface area (Å²) in [5, 5.41) is 3.30. The molecule has 1 aromatic carbocycles. The third-order valence-electron chi connectivity index (χ3n) is 3.81. The highest BCUT2D eigenvalue weighted by Gasteiger charge is 2.30. The Labute approximate surface area is 151 Å². The van der Waals surface area contributed by atoms with Crippen molar-refractivity contribution in [1.82, 2.24) is 4.98 Å². The van der Waals surface area contributed by atoms with Crippen LogP contribution in [0.1, 0.15) is 34.5 Å². The van der Waals surface area contributed by atoms with Crippen molar-refractivity contribution < 1.29 is 18.0 Å². The Morgan fingerprint density at radius 2 is 2.04 bits per heavy atom. The normalized spacial score (nSPS) is 14.6. The van der Waals surface area contributed by atoms with Gasteiger partial charge in [-0.25, -0.2) is 4.98 Å². The van der Waals surface area contributed by atoms with E-state index in [1.807, 2.05) is 0 Å². The minimum absolute atomic E-state index is 0.130. The van der Waals surface area contributed by atoms with E-state index in [4.69, 9.17) is 11.6 Å². The molecule has 25 heavy (non-hydrogen) atoms. The molecule has 0 spiro atoms. The number of anilines is 1. The second kappa shape index (κ2) is 7.17. The summed E-state index contributed by atoms with van der Waals surface area (Å²) in [6.45, 7) is 0. The second-order valence-electron chi connectivity index (χ2n) is 5.65. The number of rotatable bonds is 3. The van der Waals surface area contributed by atoms with Crippen molar-refractivity contribution in [3.8, 4) is 0 Å². The number of carbonyl (C=O) groups excluding carboxylic acids is 1. The van der Waals surface area contributed by atoms with Gasteiger partial charge in [0.25, 0.3) is 0 Å². The Morgan fingerprint density at radius 1 is 1.28 bits per heavy atom. The highest BCUT2D eigenvalue weighted by molar-refractivity contribution is 7.15. The number of amides is 1. The molecule has 1 aliphatic rings. The molecular weight excluding hydrogens is 373 g/mol. The zero-order valence-corrected chi connectivity index (χ0v) is 14.6. The van der Waals surface area contributed by atoms with E-state index in [2.05, 4.69) is 10.3 Å². The van der Waals surface area contributed by atoms with Crippen LogP contribution in [0.25, 0.3) is 6.08 Å². The minimum Gasteiger partial charge on any atom is -0.298 e. The molecule has 3 nitrogen and oxygen atoms in total. The smallest absolute Gasteiger partial charge is 0.298 e. The molecule has 0 aliphatic heterocycles. The lowest BCUT2D eigenvalue weighted by molar-refractivity contribution is -0.137. The van der Waals surface area contributed by atoms with Crippen LogP contribution in [0.15, 0.2) is 24.3 Å². The number of halogens is 4. The monoisotopic (exact) mass is 386 g/mol. The van der Waals surface area contributed by atoms with Crippen molar-refractivity contribution in [3.05, 3.63) is 51.0 Å². The van der Waals surface area contributed by atoms with E-state index in [1.54, 1.807) is 0 Å². The Bertz CT molecular complexity index is 806. The number of aryl methyl sites for hydroxylation is 2. The first-order chi connectivity index (χ1) is 11.8. The number of thiazole rings is 1. The Hall–Kier alpha value is -1.86. The molecule has 1 aromatic heterocycles. The van der Waals surface area contributed by atoms with Gasteiger partial charge < -0.3 is 0 Å². The Morgan fingerprint density at radius 3 is 2.76 bits per heavy atom. The van der Waals surface area contributed by atoms with Crippen LogP contribution >= 0.6 is 22.9 Å². The zero-order valence-electron chi connectivity index (χ0n) is 13.0. The molecule has 0 atom stereocenters. The van der Waals surface area contributed by atoms with Crippen molar-refractivity contribution in [3.63, 3.8) is 0 Å². The highest BCUT2D eigenvalue weighted by atomic mass is 35.5. The van der Waals surface area contributed by atoms with Crippen molar-refractivity contribution in [2.75, 3.05) is 5.32 Å². The Balaban J connectivity index is 1.71. The molecule has 0 saturated heterocycles. The fourth-order valence-corrected chi connectivity index (χ4v) is 3.80. The van der Waals surface area contributed by atoms with Crippen LogP contribution in [-0.2, 0) is 23.8 Å². The zero-order chi connectivity index (χ0) is 18.0. The number of alkyl halides is 3. The van der Waals surface area contributed by atoms with Crippen LogP contribution < -0.4 is 5.32 Å². The van der Waals surface area contributed by atoms with E-state index in [9.17, 15) is 18.0 Å². The number of nitrogens with zero attached hydrogens (tertiary/aromatic N) is 1. The first-order valence-corrected chi connectivity index (χ1v) is 8.87. The molecule has 3 rings (SSSR count). The minimum atomic E-state index is -4.46. The van der Waals surface area contributed by atoms with Crippen LogP contribution in [0.5, 0.6) is 0 Å². The van der Waals surface area contributed by atoms with Crippen molar-refractivity contribution in [2.24, 2.45) is 0 Å². The number of nitrogens with one attached hydrogen (secondary N) is 1. The molecule has 0 saturated carbocycles. The third kappa shape index (κ3) is 4.41. The van der Waals surface area contributed by atoms with Gasteiger partial charge in [-0.3, -0.25) is 10.1 Å². The fraction of sp³-hybridized carbons (Fsp3) is 0.294. The van der Waals surface area contributed by atoms with Gasteiger partial charge in [-0.2, -0.15) is 13.2 Å². The molecule has 0 fully saturated rings. The van der Waals surface area contributed by atoms with E-state index >= 15 is 0 Å². The number of benzene rings is 1. The van der Waals surface area contributed by atoms with E-state index in [0.717, 1.165) is 55.7 Å². The van der Waals surface area contributed by atoms with Crippen molar-refractivity contribution in [1.29, 1.82) is 0 Å². The summed E-state index contributed by atoms with van der Waals surface area (Å²) < 4.78 is 38.2. The number of aromatic nitrogens is 1. The molecule has 8 heteroatoms. The third-order valence-corrected chi connectivity index (χ3v) is 5.23. The van der Waals surface area contributed by atoms with Gasteiger partial charge in [-0.05, 0) is 55.5 Å². The molecule has 1 heterocycles. The molecule has 1 N–H and O–H groups in total. The predicted octanol–water partition coefficient (Wildman–Crippen LogP) is 5.35. The first-order valence-electron chi connectivity index (χ1n) is 7.67. The van der Waals surface area contributed by atoms with Crippen LogP contribution in [0.4, 0.5) is 18.3 Å². The van der Waals surface area contributed by atoms with E-state index in [-0.39, 0.29) is 10.6 Å². The summed E-state index contributed by atoms with van der Waals surface area (Å²) in [6.07, 6.45) is 2.06. The highest BCUT2D eigenvalue weighted by Crippen LogP contribution is 2.32. The van der Waals surface area contributed by atoms with Crippen molar-refractivity contribution >= 4 is 40.1 Å². The van der Waals surface area contributed by atoms with Gasteiger partial charge in [0.1, 0.15) is 0 Å². The summed E-state index contributed by atoms with van der Waals surface area (Å²) in [5.41, 5.74) is 0.339. The van der Waals surface area contributed by atoms with Gasteiger partial charge in [0.05, 0.1) is 11.3 Å². The molecule has 0 unspecified atom stereocenters. The van der Waals surface area contributed by atoms with Gasteiger partial charge >= 0.3 is 6.18 Å². The van der Waals surface area contributed by atoms with Crippen LogP contribution in [-0.4, -0.2) is 10.9 Å². The summed E-state index contributed by atoms with van der Waals surface area (Å²) in [6, 6.07) is 2.98. The lowest BCUT2D eigenvalue weighted by Crippen LogP contribution is -2.08. The first kappa shape index (κ1) is 17.9. The summed E-state index contributed by atoms with van der Waals surface area (Å²) >= 11 is 7.34. The predicted molar refractivity (Wildman–Crippen MR) is 92.9 cm³/mol. The average molecular weight is 387 g/mol. The van der Waals surface area contributed by atoms with E-state index < -0.39 is 17.6 Å². The van der Waals surface area contributed by atoms with Gasteiger partial charge in [0.2, 0.25) is 5.91 Å². The second-order valence-corrected chi connectivity index (χ2v) is 7.14. The van der Waals surface area contributed by atoms with Gasteiger partial charge in [-0.1, -0.05) is 11.6 Å². The largest absolute Gasteiger partial charge is 0.416 e. The van der Waals surface area contributed by atoms with Crippen molar-refractivity contribution in [2.45, 2.75) is 31.9 Å². The molecule has 1 aliphatic carbocycles. The number of hydrogen-bond acceptors (Lipinski definition) is 3. The molecular formula is C17H14ClF3N2OS. The number of carbonyl (C=O) groups is 1. The van der Waals surface area contributed by atoms with Crippen LogP contribution in [0, 0.1) is 0 Å². The van der Waals surface area contributed by atoms with Gasteiger partial charge in [-0.15, -0.1) is 11.3 Å². The quantitative estimate of drug-likeness (QED) is 0.723. The molecule has 0 bridgehead atoms. The maximum Gasteiger partial charge on any atom is 0.416 e. The summed E-state index contributed by atoms with van der Waals surface area (Å²) in [7, 11) is 0. The topological polar surface area (TPSA) is 42.0 Å². The fourth-order valence-electron chi connectivity index (χ4n) is 2.57. The molecule has 132 valence electrons. The molecule has 1 amide bonds. The van der Waals surface area contributed by atoms with E-state index in [1.165, 1.54) is 22.3 Å².